The zero-order valence-electron chi connectivity index (χ0n) is 13.6. The van der Waals surface area contributed by atoms with Crippen LogP contribution in [0.2, 0.25) is 0 Å². The summed E-state index contributed by atoms with van der Waals surface area (Å²) in [7, 11) is 2.35. The molecule has 3 aliphatic rings. The Labute approximate surface area is 125 Å². The minimum atomic E-state index is 0.756. The summed E-state index contributed by atoms with van der Waals surface area (Å²) in [6, 6.07) is 3.24. The Balaban J connectivity index is 1.53. The maximum absolute atomic E-state index is 4.05. The SMILES string of the molecule is CCN1CC[C@@H](NC2C[C@H]3CCC[C@@H](C2)N3C)[C@H](C)C1. The first-order valence-corrected chi connectivity index (χ1v) is 8.87. The van der Waals surface area contributed by atoms with Gasteiger partial charge in [-0.15, -0.1) is 0 Å². The summed E-state index contributed by atoms with van der Waals surface area (Å²) >= 11 is 0. The topological polar surface area (TPSA) is 18.5 Å². The third-order valence-corrected chi connectivity index (χ3v) is 6.23. The molecule has 116 valence electrons. The van der Waals surface area contributed by atoms with Crippen LogP contribution in [0.1, 0.15) is 52.4 Å². The number of hydrogen-bond donors (Lipinski definition) is 1. The largest absolute Gasteiger partial charge is 0.311 e. The van der Waals surface area contributed by atoms with Gasteiger partial charge < -0.3 is 15.1 Å². The molecule has 1 N–H and O–H groups in total. The van der Waals surface area contributed by atoms with Crippen molar-refractivity contribution in [1.82, 2.24) is 15.1 Å². The molecule has 3 aliphatic heterocycles. The van der Waals surface area contributed by atoms with Gasteiger partial charge in [-0.1, -0.05) is 20.3 Å². The van der Waals surface area contributed by atoms with E-state index < -0.39 is 0 Å². The highest BCUT2D eigenvalue weighted by molar-refractivity contribution is 4.95. The fourth-order valence-electron chi connectivity index (χ4n) is 4.82. The van der Waals surface area contributed by atoms with Gasteiger partial charge in [0, 0.05) is 30.7 Å². The number of nitrogens with zero attached hydrogens (tertiary/aromatic N) is 2. The van der Waals surface area contributed by atoms with E-state index in [2.05, 4.69) is 36.0 Å². The van der Waals surface area contributed by atoms with Crippen molar-refractivity contribution < 1.29 is 0 Å². The Morgan fingerprint density at radius 1 is 1.10 bits per heavy atom. The zero-order chi connectivity index (χ0) is 14.1. The molecule has 3 nitrogen and oxygen atoms in total. The molecule has 2 bridgehead atoms. The average Bonchev–Trinajstić information content (AvgIpc) is 2.42. The highest BCUT2D eigenvalue weighted by atomic mass is 15.2. The van der Waals surface area contributed by atoms with Crippen molar-refractivity contribution in [3.63, 3.8) is 0 Å². The maximum Gasteiger partial charge on any atom is 0.0120 e. The molecule has 3 saturated heterocycles. The van der Waals surface area contributed by atoms with Crippen LogP contribution in [0.25, 0.3) is 0 Å². The highest BCUT2D eigenvalue weighted by Crippen LogP contribution is 2.33. The number of rotatable bonds is 3. The molecule has 3 rings (SSSR count). The summed E-state index contributed by atoms with van der Waals surface area (Å²) in [5.41, 5.74) is 0. The van der Waals surface area contributed by atoms with Crippen molar-refractivity contribution in [2.45, 2.75) is 76.5 Å². The van der Waals surface area contributed by atoms with Crippen molar-refractivity contribution in [1.29, 1.82) is 0 Å². The van der Waals surface area contributed by atoms with E-state index in [9.17, 15) is 0 Å². The molecule has 0 aromatic carbocycles. The number of piperidine rings is 3. The van der Waals surface area contributed by atoms with Gasteiger partial charge in [-0.05, 0) is 58.2 Å². The summed E-state index contributed by atoms with van der Waals surface area (Å²) in [6.45, 7) is 8.52. The molecule has 1 unspecified atom stereocenters. The highest BCUT2D eigenvalue weighted by Gasteiger charge is 2.37. The second-order valence-electron chi connectivity index (χ2n) is 7.50. The molecule has 0 aromatic heterocycles. The maximum atomic E-state index is 4.05. The van der Waals surface area contributed by atoms with Gasteiger partial charge in [0.1, 0.15) is 0 Å². The summed E-state index contributed by atoms with van der Waals surface area (Å²) < 4.78 is 0. The van der Waals surface area contributed by atoms with Crippen LogP contribution in [0.4, 0.5) is 0 Å². The summed E-state index contributed by atoms with van der Waals surface area (Å²) in [5.74, 6) is 0.809. The number of likely N-dealkylation sites (tertiary alicyclic amines) is 1. The van der Waals surface area contributed by atoms with Crippen LogP contribution >= 0.6 is 0 Å². The molecule has 20 heavy (non-hydrogen) atoms. The molecule has 3 fully saturated rings. The molecule has 3 heteroatoms. The van der Waals surface area contributed by atoms with Gasteiger partial charge in [0.2, 0.25) is 0 Å². The van der Waals surface area contributed by atoms with E-state index >= 15 is 0 Å². The fourth-order valence-corrected chi connectivity index (χ4v) is 4.82. The van der Waals surface area contributed by atoms with Gasteiger partial charge in [-0.2, -0.15) is 0 Å². The molecule has 5 atom stereocenters. The summed E-state index contributed by atoms with van der Waals surface area (Å²) in [5, 5.41) is 4.05. The number of fused-ring (bicyclic) bond motifs is 2. The van der Waals surface area contributed by atoms with Gasteiger partial charge in [-0.3, -0.25) is 0 Å². The van der Waals surface area contributed by atoms with Gasteiger partial charge in [0.25, 0.3) is 0 Å². The van der Waals surface area contributed by atoms with Crippen LogP contribution in [0.15, 0.2) is 0 Å². The van der Waals surface area contributed by atoms with Crippen LogP contribution in [0.5, 0.6) is 0 Å². The summed E-state index contributed by atoms with van der Waals surface area (Å²) in [6.07, 6.45) is 8.42. The number of hydrogen-bond acceptors (Lipinski definition) is 3. The molecule has 0 spiro atoms. The molecule has 0 aromatic rings. The van der Waals surface area contributed by atoms with Crippen molar-refractivity contribution in [2.24, 2.45) is 5.92 Å². The Hall–Kier alpha value is -0.120. The number of nitrogens with one attached hydrogen (secondary N) is 1. The van der Waals surface area contributed by atoms with E-state index in [-0.39, 0.29) is 0 Å². The van der Waals surface area contributed by atoms with E-state index in [0.29, 0.717) is 0 Å². The van der Waals surface area contributed by atoms with Crippen LogP contribution in [0.3, 0.4) is 0 Å². The standard InChI is InChI=1S/C17H33N3/c1-4-20-9-8-17(13(2)12-20)18-14-10-15-6-5-7-16(11-14)19(15)3/h13-18H,4-12H2,1-3H3/t13-,14?,15-,16+,17-/m1/s1. The Morgan fingerprint density at radius 2 is 1.80 bits per heavy atom. The molecular formula is C17H33N3. The van der Waals surface area contributed by atoms with Crippen LogP contribution in [-0.4, -0.2) is 60.6 Å². The van der Waals surface area contributed by atoms with Crippen molar-refractivity contribution in [3.8, 4) is 0 Å². The first kappa shape index (κ1) is 14.8. The third kappa shape index (κ3) is 3.05. The van der Waals surface area contributed by atoms with Gasteiger partial charge >= 0.3 is 0 Å². The monoisotopic (exact) mass is 279 g/mol. The second kappa shape index (κ2) is 6.33. The lowest BCUT2D eigenvalue weighted by atomic mass is 9.81. The van der Waals surface area contributed by atoms with Crippen molar-refractivity contribution in [2.75, 3.05) is 26.7 Å². The van der Waals surface area contributed by atoms with Crippen molar-refractivity contribution in [3.05, 3.63) is 0 Å². The van der Waals surface area contributed by atoms with Gasteiger partial charge in [0.15, 0.2) is 0 Å². The first-order valence-electron chi connectivity index (χ1n) is 8.87. The lowest BCUT2D eigenvalue weighted by Gasteiger charge is -2.49. The van der Waals surface area contributed by atoms with E-state index in [1.807, 2.05) is 0 Å². The fraction of sp³-hybridized carbons (Fsp3) is 1.00. The van der Waals surface area contributed by atoms with E-state index in [1.54, 1.807) is 0 Å². The van der Waals surface area contributed by atoms with Crippen LogP contribution < -0.4 is 5.32 Å². The van der Waals surface area contributed by atoms with Crippen LogP contribution in [0, 0.1) is 5.92 Å². The molecule has 0 radical (unpaired) electrons. The summed E-state index contributed by atoms with van der Waals surface area (Å²) in [4.78, 5) is 5.27. The third-order valence-electron chi connectivity index (χ3n) is 6.23. The van der Waals surface area contributed by atoms with Gasteiger partial charge in [-0.25, -0.2) is 0 Å². The zero-order valence-corrected chi connectivity index (χ0v) is 13.6. The lowest BCUT2D eigenvalue weighted by molar-refractivity contribution is 0.0387. The first-order chi connectivity index (χ1) is 9.67. The van der Waals surface area contributed by atoms with Gasteiger partial charge in [0.05, 0.1) is 0 Å². The minimum Gasteiger partial charge on any atom is -0.311 e. The average molecular weight is 279 g/mol. The van der Waals surface area contributed by atoms with Crippen LogP contribution in [-0.2, 0) is 0 Å². The molecule has 0 aliphatic carbocycles. The van der Waals surface area contributed by atoms with E-state index in [1.165, 1.54) is 58.2 Å². The molecule has 0 amide bonds. The quantitative estimate of drug-likeness (QED) is 0.855. The molecule has 0 saturated carbocycles. The van der Waals surface area contributed by atoms with Crippen molar-refractivity contribution >= 4 is 0 Å². The minimum absolute atomic E-state index is 0.756. The Kier molecular flexibility index (Phi) is 4.68. The molecule has 3 heterocycles. The predicted molar refractivity (Wildman–Crippen MR) is 85.0 cm³/mol. The van der Waals surface area contributed by atoms with E-state index in [4.69, 9.17) is 0 Å². The molecular weight excluding hydrogens is 246 g/mol. The smallest absolute Gasteiger partial charge is 0.0120 e. The Morgan fingerprint density at radius 3 is 2.40 bits per heavy atom. The predicted octanol–water partition coefficient (Wildman–Crippen LogP) is 2.32. The normalized spacial score (nSPS) is 43.6. The Bertz CT molecular complexity index is 305. The second-order valence-corrected chi connectivity index (χ2v) is 7.50. The van der Waals surface area contributed by atoms with E-state index in [0.717, 1.165) is 30.1 Å². The lowest BCUT2D eigenvalue weighted by Crippen LogP contribution is -2.58.